The van der Waals surface area contributed by atoms with Crippen molar-refractivity contribution in [3.63, 3.8) is 0 Å². The van der Waals surface area contributed by atoms with Crippen molar-refractivity contribution >= 4 is 23.3 Å². The molecule has 1 atom stereocenters. The topological polar surface area (TPSA) is 39.7 Å². The highest BCUT2D eigenvalue weighted by molar-refractivity contribution is 6.31. The van der Waals surface area contributed by atoms with Gasteiger partial charge in [0.1, 0.15) is 5.82 Å². The first-order chi connectivity index (χ1) is 13.6. The molecular weight excluding hydrogens is 372 g/mol. The molecular formula is C22H27ClN4O. The number of benzene rings is 1. The first-order valence-corrected chi connectivity index (χ1v) is 10.4. The van der Waals surface area contributed by atoms with E-state index in [0.717, 1.165) is 55.4 Å². The molecule has 1 aliphatic carbocycles. The minimum atomic E-state index is 0.139. The second-order valence-corrected chi connectivity index (χ2v) is 8.06. The summed E-state index contributed by atoms with van der Waals surface area (Å²) >= 11 is 6.41. The molecule has 0 bridgehead atoms. The van der Waals surface area contributed by atoms with Gasteiger partial charge in [-0.25, -0.2) is 4.98 Å². The lowest BCUT2D eigenvalue weighted by Gasteiger charge is -2.37. The maximum atomic E-state index is 13.0. The number of nitrogens with zero attached hydrogens (tertiary/aromatic N) is 4. The fourth-order valence-electron chi connectivity index (χ4n) is 3.96. The van der Waals surface area contributed by atoms with Crippen LogP contribution in [0.15, 0.2) is 48.7 Å². The van der Waals surface area contributed by atoms with Gasteiger partial charge in [-0.3, -0.25) is 9.69 Å². The van der Waals surface area contributed by atoms with E-state index in [9.17, 15) is 4.79 Å². The van der Waals surface area contributed by atoms with Crippen LogP contribution in [-0.4, -0.2) is 59.5 Å². The minimum absolute atomic E-state index is 0.139. The van der Waals surface area contributed by atoms with Gasteiger partial charge in [0.05, 0.1) is 6.54 Å². The third kappa shape index (κ3) is 4.31. The molecule has 28 heavy (non-hydrogen) atoms. The maximum absolute atomic E-state index is 13.0. The molecule has 1 aromatic heterocycles. The number of carbonyl (C=O) groups is 1. The molecule has 1 aliphatic heterocycles. The Morgan fingerprint density at radius 2 is 1.86 bits per heavy atom. The number of aromatic nitrogens is 1. The van der Waals surface area contributed by atoms with Gasteiger partial charge in [0.2, 0.25) is 5.91 Å². The molecule has 1 unspecified atom stereocenters. The van der Waals surface area contributed by atoms with Crippen molar-refractivity contribution in [1.29, 1.82) is 0 Å². The SMILES string of the molecule is CC(c1ccccc1Cl)N(CC(=O)N1CCN(c2ccccn2)CC1)C1CC1. The van der Waals surface area contributed by atoms with E-state index in [2.05, 4.69) is 27.8 Å². The Morgan fingerprint density at radius 1 is 1.14 bits per heavy atom. The molecule has 1 saturated heterocycles. The van der Waals surface area contributed by atoms with Gasteiger partial charge in [-0.1, -0.05) is 35.9 Å². The average molecular weight is 399 g/mol. The largest absolute Gasteiger partial charge is 0.353 e. The second-order valence-electron chi connectivity index (χ2n) is 7.66. The van der Waals surface area contributed by atoms with Gasteiger partial charge in [0, 0.05) is 49.5 Å². The first kappa shape index (κ1) is 19.2. The summed E-state index contributed by atoms with van der Waals surface area (Å²) in [6.45, 7) is 5.76. The van der Waals surface area contributed by atoms with E-state index >= 15 is 0 Å². The Hall–Kier alpha value is -2.11. The fraction of sp³-hybridized carbons (Fsp3) is 0.455. The van der Waals surface area contributed by atoms with Crippen LogP contribution >= 0.6 is 11.6 Å². The first-order valence-electron chi connectivity index (χ1n) is 10.1. The highest BCUT2D eigenvalue weighted by atomic mass is 35.5. The standard InChI is InChI=1S/C22H27ClN4O/c1-17(19-6-2-3-7-20(19)23)27(18-9-10-18)16-22(28)26-14-12-25(13-15-26)21-8-4-5-11-24-21/h2-8,11,17-18H,9-10,12-16H2,1H3. The van der Waals surface area contributed by atoms with E-state index < -0.39 is 0 Å². The monoisotopic (exact) mass is 398 g/mol. The van der Waals surface area contributed by atoms with Gasteiger partial charge in [-0.05, 0) is 43.5 Å². The second kappa shape index (κ2) is 8.50. The molecule has 2 fully saturated rings. The van der Waals surface area contributed by atoms with Gasteiger partial charge in [0.15, 0.2) is 0 Å². The Labute approximate surface area is 171 Å². The van der Waals surface area contributed by atoms with Crippen LogP contribution in [0.3, 0.4) is 0 Å². The van der Waals surface area contributed by atoms with E-state index in [-0.39, 0.29) is 11.9 Å². The molecule has 148 valence electrons. The lowest BCUT2D eigenvalue weighted by Crippen LogP contribution is -2.51. The summed E-state index contributed by atoms with van der Waals surface area (Å²) in [4.78, 5) is 24.0. The van der Waals surface area contributed by atoms with Crippen molar-refractivity contribution < 1.29 is 4.79 Å². The van der Waals surface area contributed by atoms with Crippen molar-refractivity contribution in [3.8, 4) is 0 Å². The van der Waals surface area contributed by atoms with Crippen LogP contribution in [0.4, 0.5) is 5.82 Å². The van der Waals surface area contributed by atoms with Crippen molar-refractivity contribution in [2.45, 2.75) is 31.8 Å². The lowest BCUT2D eigenvalue weighted by molar-refractivity contribution is -0.133. The number of amides is 1. The van der Waals surface area contributed by atoms with Gasteiger partial charge in [-0.15, -0.1) is 0 Å². The molecule has 0 radical (unpaired) electrons. The Balaban J connectivity index is 1.37. The predicted octanol–water partition coefficient (Wildman–Crippen LogP) is 3.61. The van der Waals surface area contributed by atoms with Gasteiger partial charge < -0.3 is 9.80 Å². The molecule has 1 aromatic carbocycles. The quantitative estimate of drug-likeness (QED) is 0.745. The molecule has 5 nitrogen and oxygen atoms in total. The number of hydrogen-bond acceptors (Lipinski definition) is 4. The van der Waals surface area contributed by atoms with E-state index in [1.807, 2.05) is 47.5 Å². The van der Waals surface area contributed by atoms with Crippen molar-refractivity contribution in [2.24, 2.45) is 0 Å². The van der Waals surface area contributed by atoms with E-state index in [1.165, 1.54) is 0 Å². The number of carbonyl (C=O) groups excluding carboxylic acids is 1. The molecule has 6 heteroatoms. The third-order valence-corrected chi connectivity index (χ3v) is 6.14. The Kier molecular flexibility index (Phi) is 5.83. The van der Waals surface area contributed by atoms with E-state index in [1.54, 1.807) is 0 Å². The normalized spacial score (nSPS) is 18.4. The number of halogens is 1. The van der Waals surface area contributed by atoms with Gasteiger partial charge in [-0.2, -0.15) is 0 Å². The molecule has 1 amide bonds. The van der Waals surface area contributed by atoms with Crippen molar-refractivity contribution in [2.75, 3.05) is 37.6 Å². The highest BCUT2D eigenvalue weighted by Gasteiger charge is 2.35. The van der Waals surface area contributed by atoms with Crippen LogP contribution in [0.2, 0.25) is 5.02 Å². The maximum Gasteiger partial charge on any atom is 0.236 e. The Bertz CT molecular complexity index is 803. The van der Waals surface area contributed by atoms with Gasteiger partial charge >= 0.3 is 0 Å². The van der Waals surface area contributed by atoms with Crippen LogP contribution < -0.4 is 4.90 Å². The average Bonchev–Trinajstić information content (AvgIpc) is 3.58. The molecule has 2 aliphatic rings. The molecule has 4 rings (SSSR count). The predicted molar refractivity (Wildman–Crippen MR) is 113 cm³/mol. The molecule has 2 aromatic rings. The van der Waals surface area contributed by atoms with E-state index in [4.69, 9.17) is 11.6 Å². The minimum Gasteiger partial charge on any atom is -0.353 e. The van der Waals surface area contributed by atoms with Crippen LogP contribution in [-0.2, 0) is 4.79 Å². The fourth-order valence-corrected chi connectivity index (χ4v) is 4.26. The van der Waals surface area contributed by atoms with Crippen LogP contribution in [0.25, 0.3) is 0 Å². The number of rotatable bonds is 6. The highest BCUT2D eigenvalue weighted by Crippen LogP contribution is 2.36. The molecule has 0 N–H and O–H groups in total. The van der Waals surface area contributed by atoms with Crippen LogP contribution in [0, 0.1) is 0 Å². The summed E-state index contributed by atoms with van der Waals surface area (Å²) in [6, 6.07) is 14.5. The lowest BCUT2D eigenvalue weighted by atomic mass is 10.1. The number of piperazine rings is 1. The summed E-state index contributed by atoms with van der Waals surface area (Å²) < 4.78 is 0. The van der Waals surface area contributed by atoms with E-state index in [0.29, 0.717) is 12.6 Å². The third-order valence-electron chi connectivity index (χ3n) is 5.79. The smallest absolute Gasteiger partial charge is 0.236 e. The summed E-state index contributed by atoms with van der Waals surface area (Å²) in [5.74, 6) is 1.20. The zero-order valence-corrected chi connectivity index (χ0v) is 17.1. The summed E-state index contributed by atoms with van der Waals surface area (Å²) in [6.07, 6.45) is 4.14. The van der Waals surface area contributed by atoms with Crippen LogP contribution in [0.1, 0.15) is 31.4 Å². The number of anilines is 1. The number of pyridine rings is 1. The molecule has 2 heterocycles. The van der Waals surface area contributed by atoms with Crippen LogP contribution in [0.5, 0.6) is 0 Å². The summed E-state index contributed by atoms with van der Waals surface area (Å²) in [5, 5.41) is 0.775. The Morgan fingerprint density at radius 3 is 2.50 bits per heavy atom. The van der Waals surface area contributed by atoms with Gasteiger partial charge in [0.25, 0.3) is 0 Å². The van der Waals surface area contributed by atoms with Crippen molar-refractivity contribution in [3.05, 3.63) is 59.2 Å². The number of hydrogen-bond donors (Lipinski definition) is 0. The zero-order chi connectivity index (χ0) is 19.5. The molecule has 0 spiro atoms. The zero-order valence-electron chi connectivity index (χ0n) is 16.3. The molecule has 1 saturated carbocycles. The summed E-state index contributed by atoms with van der Waals surface area (Å²) in [5.41, 5.74) is 1.10. The summed E-state index contributed by atoms with van der Waals surface area (Å²) in [7, 11) is 0. The van der Waals surface area contributed by atoms with Crippen molar-refractivity contribution in [1.82, 2.24) is 14.8 Å².